The van der Waals surface area contributed by atoms with Crippen molar-refractivity contribution in [1.82, 2.24) is 0 Å². The lowest BCUT2D eigenvalue weighted by Crippen LogP contribution is -2.15. The summed E-state index contributed by atoms with van der Waals surface area (Å²) in [5.41, 5.74) is 6.74. The maximum atomic E-state index is 6.33. The van der Waals surface area contributed by atoms with Gasteiger partial charge in [-0.15, -0.1) is 0 Å². The minimum Gasteiger partial charge on any atom is -0.456 e. The summed E-state index contributed by atoms with van der Waals surface area (Å²) in [5.74, 6) is 1.44. The first-order valence-electron chi connectivity index (χ1n) is 10.2. The lowest BCUT2D eigenvalue weighted by atomic mass is 9.82. The summed E-state index contributed by atoms with van der Waals surface area (Å²) in [6.45, 7) is 4.50. The molecule has 0 heterocycles. The first kappa shape index (κ1) is 20.0. The van der Waals surface area contributed by atoms with Crippen molar-refractivity contribution in [1.29, 1.82) is 0 Å². The molecular weight excluding hydrogens is 425 g/mol. The van der Waals surface area contributed by atoms with Crippen LogP contribution in [0.1, 0.15) is 25.0 Å². The smallest absolute Gasteiger partial charge is 0.146 e. The molecule has 0 amide bonds. The number of hydrogen-bond donors (Lipinski definition) is 1. The fraction of sp³-hybridized carbons (Fsp3) is 0.111. The molecule has 1 N–H and O–H groups in total. The summed E-state index contributed by atoms with van der Waals surface area (Å²) < 4.78 is 6.08. The van der Waals surface area contributed by atoms with Crippen LogP contribution in [0, 0.1) is 0 Å². The van der Waals surface area contributed by atoms with Crippen molar-refractivity contribution in [3.05, 3.63) is 106 Å². The van der Waals surface area contributed by atoms with Crippen LogP contribution >= 0.6 is 23.2 Å². The van der Waals surface area contributed by atoms with E-state index in [2.05, 4.69) is 49.5 Å². The van der Waals surface area contributed by atoms with Gasteiger partial charge in [-0.1, -0.05) is 73.4 Å². The fourth-order valence-electron chi connectivity index (χ4n) is 4.25. The van der Waals surface area contributed by atoms with Gasteiger partial charge in [-0.3, -0.25) is 0 Å². The molecule has 0 radical (unpaired) electrons. The topological polar surface area (TPSA) is 21.3 Å². The molecule has 0 spiro atoms. The molecule has 2 nitrogen and oxygen atoms in total. The number of rotatable bonds is 4. The summed E-state index contributed by atoms with van der Waals surface area (Å²) in [6, 6.07) is 28.0. The van der Waals surface area contributed by atoms with Crippen LogP contribution in [0.3, 0.4) is 0 Å². The zero-order chi connectivity index (χ0) is 21.6. The Morgan fingerprint density at radius 2 is 1.45 bits per heavy atom. The van der Waals surface area contributed by atoms with Crippen LogP contribution in [0.15, 0.2) is 84.9 Å². The molecule has 0 unspecified atom stereocenters. The van der Waals surface area contributed by atoms with E-state index in [-0.39, 0.29) is 5.41 Å². The van der Waals surface area contributed by atoms with Crippen molar-refractivity contribution in [2.24, 2.45) is 0 Å². The summed E-state index contributed by atoms with van der Waals surface area (Å²) in [7, 11) is 0. The SMILES string of the molecule is CC1(C)c2ccc(Nc3ccccc3Cl)cc2-c2ccc(Oc3ccccc3Cl)cc21. The molecule has 0 bridgehead atoms. The Balaban J connectivity index is 1.52. The molecule has 5 rings (SSSR count). The molecule has 4 aromatic rings. The molecule has 4 aromatic carbocycles. The number of ether oxygens (including phenoxy) is 1. The second-order valence-corrected chi connectivity index (χ2v) is 9.04. The number of hydrogen-bond acceptors (Lipinski definition) is 2. The fourth-order valence-corrected chi connectivity index (χ4v) is 4.60. The molecule has 0 saturated carbocycles. The van der Waals surface area contributed by atoms with Gasteiger partial charge < -0.3 is 10.1 Å². The number of benzene rings is 4. The highest BCUT2D eigenvalue weighted by atomic mass is 35.5. The average molecular weight is 446 g/mol. The summed E-state index contributed by atoms with van der Waals surface area (Å²) in [5, 5.41) is 4.74. The van der Waals surface area contributed by atoms with Crippen molar-refractivity contribution < 1.29 is 4.74 Å². The van der Waals surface area contributed by atoms with Crippen LogP contribution in [0.4, 0.5) is 11.4 Å². The number of para-hydroxylation sites is 2. The Morgan fingerprint density at radius 3 is 2.23 bits per heavy atom. The lowest BCUT2D eigenvalue weighted by molar-refractivity contribution is 0.481. The van der Waals surface area contributed by atoms with E-state index in [1.807, 2.05) is 54.6 Å². The predicted molar refractivity (Wildman–Crippen MR) is 130 cm³/mol. The molecule has 0 aromatic heterocycles. The van der Waals surface area contributed by atoms with Crippen molar-refractivity contribution >= 4 is 34.6 Å². The van der Waals surface area contributed by atoms with Gasteiger partial charge in [0.25, 0.3) is 0 Å². The van der Waals surface area contributed by atoms with Gasteiger partial charge in [0.1, 0.15) is 11.5 Å². The molecule has 0 fully saturated rings. The van der Waals surface area contributed by atoms with Gasteiger partial charge in [0.2, 0.25) is 0 Å². The van der Waals surface area contributed by atoms with Gasteiger partial charge in [-0.05, 0) is 70.8 Å². The molecular formula is C27H21Cl2NO. The van der Waals surface area contributed by atoms with Gasteiger partial charge in [-0.25, -0.2) is 0 Å². The number of anilines is 2. The number of nitrogens with one attached hydrogen (secondary N) is 1. The Kier molecular flexibility index (Phi) is 4.92. The van der Waals surface area contributed by atoms with Crippen molar-refractivity contribution in [2.45, 2.75) is 19.3 Å². The third-order valence-corrected chi connectivity index (χ3v) is 6.51. The Labute approximate surface area is 192 Å². The van der Waals surface area contributed by atoms with Gasteiger partial charge in [0.15, 0.2) is 0 Å². The number of halogens is 2. The normalized spacial score (nSPS) is 13.4. The largest absolute Gasteiger partial charge is 0.456 e. The van der Waals surface area contributed by atoms with E-state index >= 15 is 0 Å². The van der Waals surface area contributed by atoms with Crippen LogP contribution < -0.4 is 10.1 Å². The van der Waals surface area contributed by atoms with E-state index < -0.39 is 0 Å². The zero-order valence-electron chi connectivity index (χ0n) is 17.2. The third kappa shape index (κ3) is 3.56. The molecule has 0 saturated heterocycles. The zero-order valence-corrected chi connectivity index (χ0v) is 18.8. The van der Waals surface area contributed by atoms with Crippen LogP contribution in [-0.4, -0.2) is 0 Å². The van der Waals surface area contributed by atoms with Crippen molar-refractivity contribution in [3.63, 3.8) is 0 Å². The molecule has 0 aliphatic heterocycles. The minimum atomic E-state index is -0.132. The van der Waals surface area contributed by atoms with Crippen molar-refractivity contribution in [3.8, 4) is 22.6 Å². The first-order chi connectivity index (χ1) is 14.9. The van der Waals surface area contributed by atoms with E-state index in [4.69, 9.17) is 27.9 Å². The first-order valence-corrected chi connectivity index (χ1v) is 10.9. The number of fused-ring (bicyclic) bond motifs is 3. The summed E-state index contributed by atoms with van der Waals surface area (Å²) >= 11 is 12.6. The molecule has 154 valence electrons. The highest BCUT2D eigenvalue weighted by Gasteiger charge is 2.35. The van der Waals surface area contributed by atoms with E-state index in [1.54, 1.807) is 0 Å². The maximum Gasteiger partial charge on any atom is 0.146 e. The second-order valence-electron chi connectivity index (χ2n) is 8.23. The van der Waals surface area contributed by atoms with Gasteiger partial charge in [0.05, 0.1) is 15.7 Å². The van der Waals surface area contributed by atoms with E-state index in [1.165, 1.54) is 22.3 Å². The van der Waals surface area contributed by atoms with E-state index in [9.17, 15) is 0 Å². The summed E-state index contributed by atoms with van der Waals surface area (Å²) in [6.07, 6.45) is 0. The monoisotopic (exact) mass is 445 g/mol. The molecule has 0 atom stereocenters. The molecule has 1 aliphatic rings. The van der Waals surface area contributed by atoms with E-state index in [0.29, 0.717) is 15.8 Å². The molecule has 31 heavy (non-hydrogen) atoms. The summed E-state index contributed by atoms with van der Waals surface area (Å²) in [4.78, 5) is 0. The second kappa shape index (κ2) is 7.64. The third-order valence-electron chi connectivity index (χ3n) is 5.86. The Hall–Kier alpha value is -2.94. The predicted octanol–water partition coefficient (Wildman–Crippen LogP) is 8.84. The van der Waals surface area contributed by atoms with Crippen LogP contribution in [-0.2, 0) is 5.41 Å². The quantitative estimate of drug-likeness (QED) is 0.338. The average Bonchev–Trinajstić information content (AvgIpc) is 2.98. The van der Waals surface area contributed by atoms with Gasteiger partial charge in [0, 0.05) is 11.1 Å². The van der Waals surface area contributed by atoms with E-state index in [0.717, 1.165) is 17.1 Å². The highest BCUT2D eigenvalue weighted by molar-refractivity contribution is 6.33. The Bertz CT molecular complexity index is 1300. The van der Waals surface area contributed by atoms with Crippen molar-refractivity contribution in [2.75, 3.05) is 5.32 Å². The minimum absolute atomic E-state index is 0.132. The van der Waals surface area contributed by atoms with Crippen LogP contribution in [0.25, 0.3) is 11.1 Å². The Morgan fingerprint density at radius 1 is 0.710 bits per heavy atom. The van der Waals surface area contributed by atoms with Gasteiger partial charge >= 0.3 is 0 Å². The maximum absolute atomic E-state index is 6.33. The van der Waals surface area contributed by atoms with Gasteiger partial charge in [-0.2, -0.15) is 0 Å². The highest BCUT2D eigenvalue weighted by Crippen LogP contribution is 2.51. The lowest BCUT2D eigenvalue weighted by Gasteiger charge is -2.22. The van der Waals surface area contributed by atoms with Crippen LogP contribution in [0.2, 0.25) is 10.0 Å². The molecule has 4 heteroatoms. The standard InChI is InChI=1S/C27H21Cl2NO/c1-27(2)21-14-11-17(30-25-9-5-3-7-23(25)28)15-20(21)19-13-12-18(16-22(19)27)31-26-10-6-4-8-24(26)29/h3-16,30H,1-2H3. The molecule has 1 aliphatic carbocycles. The van der Waals surface area contributed by atoms with Crippen LogP contribution in [0.5, 0.6) is 11.5 Å².